The first-order chi connectivity index (χ1) is 11.2. The summed E-state index contributed by atoms with van der Waals surface area (Å²) in [6.07, 6.45) is 8.79. The molecule has 0 saturated carbocycles. The molecular formula is C19H29NO3. The van der Waals surface area contributed by atoms with Crippen molar-refractivity contribution in [2.75, 3.05) is 14.2 Å². The number of hydrogen-bond donors (Lipinski definition) is 0. The summed E-state index contributed by atoms with van der Waals surface area (Å²) in [6.45, 7) is 2.68. The van der Waals surface area contributed by atoms with E-state index in [2.05, 4.69) is 13.0 Å². The van der Waals surface area contributed by atoms with Crippen molar-refractivity contribution < 1.29 is 14.4 Å². The molecule has 23 heavy (non-hydrogen) atoms. The fraction of sp³-hybridized carbons (Fsp3) is 0.526. The average Bonchev–Trinajstić information content (AvgIpc) is 2.59. The largest absolute Gasteiger partial charge is 0.369 e. The number of rotatable bonds is 11. The van der Waals surface area contributed by atoms with Gasteiger partial charge in [-0.25, -0.2) is 5.06 Å². The Morgan fingerprint density at radius 2 is 2.00 bits per heavy atom. The predicted molar refractivity (Wildman–Crippen MR) is 92.7 cm³/mol. The van der Waals surface area contributed by atoms with E-state index >= 15 is 0 Å². The van der Waals surface area contributed by atoms with Gasteiger partial charge >= 0.3 is 0 Å². The molecule has 1 amide bonds. The van der Waals surface area contributed by atoms with E-state index in [0.29, 0.717) is 6.61 Å². The summed E-state index contributed by atoms with van der Waals surface area (Å²) in [5.74, 6) is -0.0937. The van der Waals surface area contributed by atoms with Crippen LogP contribution < -0.4 is 0 Å². The van der Waals surface area contributed by atoms with Gasteiger partial charge in [0.05, 0.1) is 26.2 Å². The fourth-order valence-corrected chi connectivity index (χ4v) is 2.12. The van der Waals surface area contributed by atoms with Crippen molar-refractivity contribution >= 4 is 5.91 Å². The van der Waals surface area contributed by atoms with E-state index in [1.54, 1.807) is 7.05 Å². The van der Waals surface area contributed by atoms with E-state index < -0.39 is 0 Å². The van der Waals surface area contributed by atoms with Crippen molar-refractivity contribution in [3.05, 3.63) is 48.0 Å². The standard InChI is InChI=1S/C19H29NO3/c1-4-5-6-7-11-14-18(15-19(21)20(2)22-3)23-16-17-12-9-8-10-13-17/h8-14,18H,4-7,15-16H2,1-3H3/b14-11+/t18-/m1/s1. The molecule has 1 atom stereocenters. The highest BCUT2D eigenvalue weighted by Gasteiger charge is 2.15. The average molecular weight is 319 g/mol. The quantitative estimate of drug-likeness (QED) is 0.350. The Balaban J connectivity index is 2.54. The first-order valence-corrected chi connectivity index (χ1v) is 8.30. The molecule has 0 aliphatic rings. The molecular weight excluding hydrogens is 290 g/mol. The molecule has 0 aliphatic carbocycles. The van der Waals surface area contributed by atoms with Gasteiger partial charge in [0.2, 0.25) is 5.91 Å². The molecule has 0 spiro atoms. The summed E-state index contributed by atoms with van der Waals surface area (Å²) in [5, 5.41) is 1.24. The summed E-state index contributed by atoms with van der Waals surface area (Å²) in [7, 11) is 3.10. The van der Waals surface area contributed by atoms with E-state index in [9.17, 15) is 4.79 Å². The van der Waals surface area contributed by atoms with Crippen LogP contribution in [-0.2, 0) is 21.0 Å². The minimum absolute atomic E-state index is 0.0937. The Morgan fingerprint density at radius 3 is 2.65 bits per heavy atom. The van der Waals surface area contributed by atoms with Crippen molar-refractivity contribution in [3.8, 4) is 0 Å². The van der Waals surface area contributed by atoms with Gasteiger partial charge in [-0.3, -0.25) is 9.63 Å². The number of nitrogens with zero attached hydrogens (tertiary/aromatic N) is 1. The lowest BCUT2D eigenvalue weighted by Gasteiger charge is -2.18. The zero-order valence-corrected chi connectivity index (χ0v) is 14.5. The molecule has 1 rings (SSSR count). The van der Waals surface area contributed by atoms with Crippen LogP contribution in [0.15, 0.2) is 42.5 Å². The third kappa shape index (κ3) is 8.53. The summed E-state index contributed by atoms with van der Waals surface area (Å²) in [5.41, 5.74) is 1.10. The van der Waals surface area contributed by atoms with Crippen LogP contribution in [0, 0.1) is 0 Å². The van der Waals surface area contributed by atoms with Crippen LogP contribution >= 0.6 is 0 Å². The first-order valence-electron chi connectivity index (χ1n) is 8.30. The zero-order valence-electron chi connectivity index (χ0n) is 14.5. The van der Waals surface area contributed by atoms with Gasteiger partial charge in [-0.2, -0.15) is 0 Å². The number of benzene rings is 1. The lowest BCUT2D eigenvalue weighted by molar-refractivity contribution is -0.170. The van der Waals surface area contributed by atoms with Crippen LogP contribution in [0.4, 0.5) is 0 Å². The highest BCUT2D eigenvalue weighted by molar-refractivity contribution is 5.75. The molecule has 0 unspecified atom stereocenters. The molecule has 0 fully saturated rings. The number of unbranched alkanes of at least 4 members (excludes halogenated alkanes) is 3. The highest BCUT2D eigenvalue weighted by atomic mass is 16.7. The van der Waals surface area contributed by atoms with Gasteiger partial charge in [-0.05, 0) is 18.4 Å². The molecule has 0 aliphatic heterocycles. The van der Waals surface area contributed by atoms with Gasteiger partial charge in [0.15, 0.2) is 0 Å². The Bertz CT molecular complexity index is 459. The van der Waals surface area contributed by atoms with Gasteiger partial charge in [-0.1, -0.05) is 62.2 Å². The SMILES string of the molecule is CCCCC/C=C/[C@H](CC(=O)N(C)OC)OCc1ccccc1. The monoisotopic (exact) mass is 319 g/mol. The van der Waals surface area contributed by atoms with Gasteiger partial charge in [0.1, 0.15) is 0 Å². The molecule has 0 saturated heterocycles. The maximum atomic E-state index is 12.0. The van der Waals surface area contributed by atoms with Crippen LogP contribution in [0.25, 0.3) is 0 Å². The Morgan fingerprint density at radius 1 is 1.26 bits per heavy atom. The maximum Gasteiger partial charge on any atom is 0.248 e. The number of amides is 1. The molecule has 0 radical (unpaired) electrons. The Labute approximate surface area is 140 Å². The highest BCUT2D eigenvalue weighted by Crippen LogP contribution is 2.10. The van der Waals surface area contributed by atoms with Gasteiger partial charge in [-0.15, -0.1) is 0 Å². The normalized spacial score (nSPS) is 12.5. The molecule has 0 bridgehead atoms. The third-order valence-electron chi connectivity index (χ3n) is 3.63. The van der Waals surface area contributed by atoms with E-state index in [0.717, 1.165) is 12.0 Å². The Kier molecular flexibility index (Phi) is 10.00. The molecule has 4 nitrogen and oxygen atoms in total. The summed E-state index contributed by atoms with van der Waals surface area (Å²) < 4.78 is 5.91. The van der Waals surface area contributed by atoms with Crippen LogP contribution in [0.1, 0.15) is 44.6 Å². The number of ether oxygens (including phenoxy) is 1. The van der Waals surface area contributed by atoms with E-state index in [1.807, 2.05) is 36.4 Å². The lowest BCUT2D eigenvalue weighted by atomic mass is 10.1. The van der Waals surface area contributed by atoms with Crippen molar-refractivity contribution in [1.29, 1.82) is 0 Å². The van der Waals surface area contributed by atoms with E-state index in [4.69, 9.17) is 9.57 Å². The maximum absolute atomic E-state index is 12.0. The molecule has 1 aromatic rings. The van der Waals surface area contributed by atoms with E-state index in [-0.39, 0.29) is 18.4 Å². The Hall–Kier alpha value is -1.65. The molecule has 0 N–H and O–H groups in total. The smallest absolute Gasteiger partial charge is 0.248 e. The van der Waals surface area contributed by atoms with Crippen LogP contribution in [0.5, 0.6) is 0 Å². The van der Waals surface area contributed by atoms with Gasteiger partial charge < -0.3 is 4.74 Å². The molecule has 1 aromatic carbocycles. The van der Waals surface area contributed by atoms with Crippen LogP contribution in [-0.4, -0.2) is 31.2 Å². The topological polar surface area (TPSA) is 38.8 Å². The van der Waals surface area contributed by atoms with Crippen LogP contribution in [0.3, 0.4) is 0 Å². The van der Waals surface area contributed by atoms with Gasteiger partial charge in [0.25, 0.3) is 0 Å². The number of carbonyl (C=O) groups is 1. The van der Waals surface area contributed by atoms with E-state index in [1.165, 1.54) is 31.4 Å². The summed E-state index contributed by atoms with van der Waals surface area (Å²) in [6, 6.07) is 9.98. The number of hydroxylamine groups is 2. The van der Waals surface area contributed by atoms with Gasteiger partial charge in [0, 0.05) is 7.05 Å². The van der Waals surface area contributed by atoms with Crippen molar-refractivity contribution in [3.63, 3.8) is 0 Å². The minimum atomic E-state index is -0.234. The number of carbonyl (C=O) groups excluding carboxylic acids is 1. The first kappa shape index (κ1) is 19.4. The lowest BCUT2D eigenvalue weighted by Crippen LogP contribution is -2.29. The fourth-order valence-electron chi connectivity index (χ4n) is 2.12. The molecule has 0 aromatic heterocycles. The van der Waals surface area contributed by atoms with Crippen molar-refractivity contribution in [1.82, 2.24) is 5.06 Å². The molecule has 128 valence electrons. The van der Waals surface area contributed by atoms with Crippen molar-refractivity contribution in [2.45, 2.75) is 51.7 Å². The minimum Gasteiger partial charge on any atom is -0.369 e. The second kappa shape index (κ2) is 11.9. The number of hydrogen-bond acceptors (Lipinski definition) is 3. The molecule has 0 heterocycles. The molecule has 4 heteroatoms. The predicted octanol–water partition coefficient (Wildman–Crippen LogP) is 4.12. The second-order valence-electron chi connectivity index (χ2n) is 5.54. The number of allylic oxidation sites excluding steroid dienone is 1. The third-order valence-corrected chi connectivity index (χ3v) is 3.63. The summed E-state index contributed by atoms with van der Waals surface area (Å²) >= 11 is 0. The zero-order chi connectivity index (χ0) is 16.9. The summed E-state index contributed by atoms with van der Waals surface area (Å²) in [4.78, 5) is 17.0. The second-order valence-corrected chi connectivity index (χ2v) is 5.54. The van der Waals surface area contributed by atoms with Crippen LogP contribution in [0.2, 0.25) is 0 Å². The van der Waals surface area contributed by atoms with Crippen molar-refractivity contribution in [2.24, 2.45) is 0 Å².